The molecule has 0 unspecified atom stereocenters. The second-order valence-corrected chi connectivity index (χ2v) is 8.23. The van der Waals surface area contributed by atoms with Gasteiger partial charge >= 0.3 is 0 Å². The summed E-state index contributed by atoms with van der Waals surface area (Å²) in [6.45, 7) is 2.14. The molecular weight excluding hydrogens is 390 g/mol. The largest absolute Gasteiger partial charge is 0.497 e. The predicted octanol–water partition coefficient (Wildman–Crippen LogP) is 6.24. The monoisotopic (exact) mass is 411 g/mol. The van der Waals surface area contributed by atoms with E-state index in [9.17, 15) is 0 Å². The van der Waals surface area contributed by atoms with Gasteiger partial charge in [-0.05, 0) is 37.3 Å². The molecule has 0 N–H and O–H groups in total. The molecule has 1 aromatic heterocycles. The van der Waals surface area contributed by atoms with Crippen molar-refractivity contribution in [3.05, 3.63) is 83.5 Å². The Kier molecular flexibility index (Phi) is 4.68. The summed E-state index contributed by atoms with van der Waals surface area (Å²) >= 11 is 1.78. The van der Waals surface area contributed by atoms with Crippen LogP contribution in [-0.4, -0.2) is 24.1 Å². The molecule has 0 radical (unpaired) electrons. The van der Waals surface area contributed by atoms with E-state index in [1.165, 1.54) is 15.6 Å². The van der Waals surface area contributed by atoms with Crippen LogP contribution in [0, 0.1) is 0 Å². The van der Waals surface area contributed by atoms with Crippen LogP contribution in [0.3, 0.4) is 0 Å². The van der Waals surface area contributed by atoms with Crippen LogP contribution in [0.25, 0.3) is 27.9 Å². The fourth-order valence-electron chi connectivity index (χ4n) is 3.77. The molecule has 0 saturated heterocycles. The quantitative estimate of drug-likeness (QED) is 0.399. The molecule has 148 valence electrons. The summed E-state index contributed by atoms with van der Waals surface area (Å²) in [5, 5.41) is 2.17. The second kappa shape index (κ2) is 7.50. The highest BCUT2D eigenvalue weighted by atomic mass is 32.2. The molecule has 5 rings (SSSR count). The molecule has 0 amide bonds. The fourth-order valence-corrected chi connectivity index (χ4v) is 4.92. The molecule has 0 aliphatic carbocycles. The normalized spacial score (nSPS) is 14.7. The van der Waals surface area contributed by atoms with E-state index in [-0.39, 0.29) is 0 Å². The van der Waals surface area contributed by atoms with Gasteiger partial charge < -0.3 is 9.64 Å². The highest BCUT2D eigenvalue weighted by Crippen LogP contribution is 2.48. The molecule has 1 aliphatic heterocycles. The van der Waals surface area contributed by atoms with Crippen molar-refractivity contribution in [2.24, 2.45) is 0 Å². The van der Waals surface area contributed by atoms with Gasteiger partial charge in [-0.25, -0.2) is 9.97 Å². The van der Waals surface area contributed by atoms with E-state index in [0.717, 1.165) is 39.3 Å². The smallest absolute Gasteiger partial charge is 0.160 e. The predicted molar refractivity (Wildman–Crippen MR) is 125 cm³/mol. The number of rotatable bonds is 3. The number of methoxy groups -OCH3 is 1. The number of hydrogen-bond donors (Lipinski definition) is 0. The van der Waals surface area contributed by atoms with Crippen LogP contribution < -0.4 is 9.64 Å². The average Bonchev–Trinajstić information content (AvgIpc) is 3.14. The first-order valence-corrected chi connectivity index (χ1v) is 10.6. The summed E-state index contributed by atoms with van der Waals surface area (Å²) in [5.41, 5.74) is 5.18. The topological polar surface area (TPSA) is 38.3 Å². The van der Waals surface area contributed by atoms with Gasteiger partial charge in [0, 0.05) is 28.5 Å². The van der Waals surface area contributed by atoms with Gasteiger partial charge in [-0.3, -0.25) is 0 Å². The number of hydrogen-bond acceptors (Lipinski definition) is 5. The van der Waals surface area contributed by atoms with Crippen molar-refractivity contribution in [3.8, 4) is 17.1 Å². The minimum absolute atomic E-state index is 0.728. The number of aromatic nitrogens is 2. The maximum Gasteiger partial charge on any atom is 0.160 e. The van der Waals surface area contributed by atoms with E-state index >= 15 is 0 Å². The van der Waals surface area contributed by atoms with Crippen LogP contribution >= 0.6 is 11.8 Å². The summed E-state index contributed by atoms with van der Waals surface area (Å²) in [6, 6.07) is 24.6. The Bertz CT molecular complexity index is 1280. The van der Waals surface area contributed by atoms with Gasteiger partial charge in [0.1, 0.15) is 5.75 Å². The lowest BCUT2D eigenvalue weighted by molar-refractivity contribution is 0.415. The molecule has 0 bridgehead atoms. The highest BCUT2D eigenvalue weighted by Gasteiger charge is 2.25. The Morgan fingerprint density at radius 2 is 1.70 bits per heavy atom. The zero-order valence-corrected chi connectivity index (χ0v) is 17.9. The Morgan fingerprint density at radius 1 is 0.933 bits per heavy atom. The fraction of sp³-hybridized carbons (Fsp3) is 0.120. The molecule has 4 nitrogen and oxygen atoms in total. The number of anilines is 1. The van der Waals surface area contributed by atoms with Crippen molar-refractivity contribution in [3.63, 3.8) is 0 Å². The molecule has 1 aliphatic rings. The third-order valence-electron chi connectivity index (χ3n) is 5.35. The van der Waals surface area contributed by atoms with E-state index in [2.05, 4.69) is 43.1 Å². The number of allylic oxidation sites excluding steroid dienone is 1. The lowest BCUT2D eigenvalue weighted by atomic mass is 10.1. The molecule has 0 spiro atoms. The number of fused-ring (bicyclic) bond motifs is 2. The zero-order valence-electron chi connectivity index (χ0n) is 17.1. The zero-order chi connectivity index (χ0) is 20.7. The third kappa shape index (κ3) is 3.12. The molecule has 0 atom stereocenters. The average molecular weight is 412 g/mol. The number of benzene rings is 3. The first-order chi connectivity index (χ1) is 14.7. The lowest BCUT2D eigenvalue weighted by Crippen LogP contribution is -2.11. The van der Waals surface area contributed by atoms with Crippen LogP contribution in [0.2, 0.25) is 0 Å². The van der Waals surface area contributed by atoms with E-state index in [1.807, 2.05) is 48.5 Å². The van der Waals surface area contributed by atoms with E-state index in [1.54, 1.807) is 18.9 Å². The van der Waals surface area contributed by atoms with Crippen LogP contribution in [0.15, 0.2) is 82.7 Å². The summed E-state index contributed by atoms with van der Waals surface area (Å²) in [5.74, 6) is 1.53. The minimum Gasteiger partial charge on any atom is -0.497 e. The third-order valence-corrected chi connectivity index (χ3v) is 6.69. The van der Waals surface area contributed by atoms with Crippen molar-refractivity contribution in [2.75, 3.05) is 19.1 Å². The maximum absolute atomic E-state index is 5.48. The molecule has 2 heterocycles. The van der Waals surface area contributed by atoms with Gasteiger partial charge in [-0.2, -0.15) is 0 Å². The number of nitrogens with zero attached hydrogens (tertiary/aromatic N) is 3. The molecule has 0 saturated carbocycles. The second-order valence-electron chi connectivity index (χ2n) is 7.20. The summed E-state index contributed by atoms with van der Waals surface area (Å²) in [6.07, 6.45) is 0. The van der Waals surface area contributed by atoms with Crippen LogP contribution in [0.1, 0.15) is 12.6 Å². The summed E-state index contributed by atoms with van der Waals surface area (Å²) < 4.78 is 5.48. The van der Waals surface area contributed by atoms with Gasteiger partial charge in [-0.15, -0.1) is 0 Å². The van der Waals surface area contributed by atoms with Gasteiger partial charge in [0.05, 0.1) is 29.0 Å². The summed E-state index contributed by atoms with van der Waals surface area (Å²) in [7, 11) is 3.79. The van der Waals surface area contributed by atoms with E-state index in [4.69, 9.17) is 14.7 Å². The van der Waals surface area contributed by atoms with Crippen LogP contribution in [-0.2, 0) is 0 Å². The van der Waals surface area contributed by atoms with Crippen LogP contribution in [0.4, 0.5) is 5.69 Å². The summed E-state index contributed by atoms with van der Waals surface area (Å²) in [4.78, 5) is 13.4. The SMILES string of the molecule is COc1ccc2nc(-c3ccccc3)nc(C(C)=C3Sc4ccccc4N3C)c2c1. The number of ether oxygens (including phenoxy) is 1. The Hall–Kier alpha value is -3.31. The standard InChI is InChI=1S/C25H21N3OS/c1-16(25-28(2)21-11-7-8-12-22(21)30-25)23-19-15-18(29-3)13-14-20(19)26-24(27-23)17-9-5-4-6-10-17/h4-15H,1-3H3. The first kappa shape index (κ1) is 18.7. The maximum atomic E-state index is 5.48. The van der Waals surface area contributed by atoms with Crippen molar-refractivity contribution >= 4 is 33.9 Å². The van der Waals surface area contributed by atoms with Gasteiger partial charge in [0.15, 0.2) is 5.82 Å². The van der Waals surface area contributed by atoms with Crippen molar-refractivity contribution in [1.82, 2.24) is 9.97 Å². The van der Waals surface area contributed by atoms with Crippen LogP contribution in [0.5, 0.6) is 5.75 Å². The number of para-hydroxylation sites is 1. The molecule has 4 aromatic rings. The van der Waals surface area contributed by atoms with Crippen molar-refractivity contribution < 1.29 is 4.74 Å². The van der Waals surface area contributed by atoms with Gasteiger partial charge in [-0.1, -0.05) is 54.2 Å². The molecule has 3 aromatic carbocycles. The van der Waals surface area contributed by atoms with Crippen molar-refractivity contribution in [2.45, 2.75) is 11.8 Å². The highest BCUT2D eigenvalue weighted by molar-refractivity contribution is 8.04. The number of thioether (sulfide) groups is 1. The first-order valence-electron chi connectivity index (χ1n) is 9.79. The Morgan fingerprint density at radius 3 is 2.47 bits per heavy atom. The molecule has 0 fully saturated rings. The van der Waals surface area contributed by atoms with Crippen molar-refractivity contribution in [1.29, 1.82) is 0 Å². The van der Waals surface area contributed by atoms with Gasteiger partial charge in [0.25, 0.3) is 0 Å². The van der Waals surface area contributed by atoms with E-state index in [0.29, 0.717) is 0 Å². The molecular formula is C25H21N3OS. The molecule has 30 heavy (non-hydrogen) atoms. The molecule has 5 heteroatoms. The lowest BCUT2D eigenvalue weighted by Gasteiger charge is -2.18. The van der Waals surface area contributed by atoms with Gasteiger partial charge in [0.2, 0.25) is 0 Å². The minimum atomic E-state index is 0.728. The van der Waals surface area contributed by atoms with E-state index < -0.39 is 0 Å². The Labute approximate surface area is 180 Å². The Balaban J connectivity index is 1.75.